The maximum Gasteiger partial charge on any atom is 0.231 e. The standard InChI is InChI=1S/C18H25N3O2/c1-2-21(18(23)12-15-6-4-3-5-7-15)13-16-8-10-20(11-9-16)14-17(19)22/h3-8H,2,9-14H2,1H3,(H2,19,22). The molecule has 124 valence electrons. The topological polar surface area (TPSA) is 66.6 Å². The van der Waals surface area contributed by atoms with Gasteiger partial charge in [0.2, 0.25) is 11.8 Å². The Hall–Kier alpha value is -2.14. The summed E-state index contributed by atoms with van der Waals surface area (Å²) < 4.78 is 0. The van der Waals surface area contributed by atoms with E-state index in [1.54, 1.807) is 0 Å². The number of hydrogen-bond acceptors (Lipinski definition) is 3. The number of carbonyl (C=O) groups excluding carboxylic acids is 2. The lowest BCUT2D eigenvalue weighted by molar-refractivity contribution is -0.129. The van der Waals surface area contributed by atoms with Gasteiger partial charge in [0, 0.05) is 26.2 Å². The highest BCUT2D eigenvalue weighted by molar-refractivity contribution is 5.79. The molecule has 0 saturated heterocycles. The summed E-state index contributed by atoms with van der Waals surface area (Å²) in [6, 6.07) is 9.82. The number of hydrogen-bond donors (Lipinski definition) is 1. The normalized spacial score (nSPS) is 15.1. The predicted molar refractivity (Wildman–Crippen MR) is 90.7 cm³/mol. The van der Waals surface area contributed by atoms with Crippen LogP contribution >= 0.6 is 0 Å². The van der Waals surface area contributed by atoms with Gasteiger partial charge in [0.1, 0.15) is 0 Å². The summed E-state index contributed by atoms with van der Waals surface area (Å²) in [7, 11) is 0. The van der Waals surface area contributed by atoms with Gasteiger partial charge in [-0.05, 0) is 18.9 Å². The molecule has 0 spiro atoms. The summed E-state index contributed by atoms with van der Waals surface area (Å²) in [5.74, 6) is -0.144. The maximum absolute atomic E-state index is 12.5. The molecule has 1 heterocycles. The fourth-order valence-electron chi connectivity index (χ4n) is 2.76. The fraction of sp³-hybridized carbons (Fsp3) is 0.444. The maximum atomic E-state index is 12.5. The SMILES string of the molecule is CCN(CC1=CCN(CC(N)=O)CC1)C(=O)Cc1ccccc1. The average molecular weight is 315 g/mol. The summed E-state index contributed by atoms with van der Waals surface area (Å²) in [6.07, 6.45) is 3.43. The third-order valence-corrected chi connectivity index (χ3v) is 4.09. The predicted octanol–water partition coefficient (Wildman–Crippen LogP) is 1.20. The average Bonchev–Trinajstić information content (AvgIpc) is 2.54. The minimum atomic E-state index is -0.296. The molecule has 23 heavy (non-hydrogen) atoms. The Bertz CT molecular complexity index is 569. The lowest BCUT2D eigenvalue weighted by Crippen LogP contribution is -2.39. The van der Waals surface area contributed by atoms with Crippen LogP contribution in [0.1, 0.15) is 18.9 Å². The van der Waals surface area contributed by atoms with Crippen molar-refractivity contribution >= 4 is 11.8 Å². The molecule has 2 rings (SSSR count). The Labute approximate surface area is 137 Å². The zero-order chi connectivity index (χ0) is 16.7. The molecule has 0 atom stereocenters. The summed E-state index contributed by atoms with van der Waals surface area (Å²) >= 11 is 0. The number of benzene rings is 1. The third-order valence-electron chi connectivity index (χ3n) is 4.09. The Kier molecular flexibility index (Phi) is 6.35. The van der Waals surface area contributed by atoms with Crippen LogP contribution in [0.2, 0.25) is 0 Å². The van der Waals surface area contributed by atoms with Crippen LogP contribution in [-0.4, -0.2) is 54.3 Å². The van der Waals surface area contributed by atoms with Crippen molar-refractivity contribution in [2.24, 2.45) is 5.73 Å². The van der Waals surface area contributed by atoms with Crippen LogP contribution in [0.3, 0.4) is 0 Å². The number of carbonyl (C=O) groups is 2. The first-order valence-electron chi connectivity index (χ1n) is 8.08. The van der Waals surface area contributed by atoms with E-state index in [0.29, 0.717) is 26.1 Å². The number of nitrogens with zero attached hydrogens (tertiary/aromatic N) is 2. The second kappa shape index (κ2) is 8.48. The van der Waals surface area contributed by atoms with Gasteiger partial charge in [-0.3, -0.25) is 14.5 Å². The highest BCUT2D eigenvalue weighted by Crippen LogP contribution is 2.13. The number of amides is 2. The van der Waals surface area contributed by atoms with E-state index in [9.17, 15) is 9.59 Å². The molecule has 1 aliphatic heterocycles. The van der Waals surface area contributed by atoms with E-state index in [2.05, 4.69) is 6.08 Å². The van der Waals surface area contributed by atoms with Gasteiger partial charge in [0.05, 0.1) is 13.0 Å². The molecule has 0 aliphatic carbocycles. The molecule has 2 N–H and O–H groups in total. The van der Waals surface area contributed by atoms with Crippen molar-refractivity contribution in [3.05, 3.63) is 47.5 Å². The lowest BCUT2D eigenvalue weighted by Gasteiger charge is -2.28. The molecule has 1 aromatic rings. The molecule has 0 fully saturated rings. The first-order valence-corrected chi connectivity index (χ1v) is 8.08. The monoisotopic (exact) mass is 315 g/mol. The van der Waals surface area contributed by atoms with Crippen molar-refractivity contribution in [2.45, 2.75) is 19.8 Å². The second-order valence-corrected chi connectivity index (χ2v) is 5.88. The minimum absolute atomic E-state index is 0.152. The highest BCUT2D eigenvalue weighted by atomic mass is 16.2. The molecule has 5 heteroatoms. The van der Waals surface area contributed by atoms with Crippen molar-refractivity contribution in [1.29, 1.82) is 0 Å². The van der Waals surface area contributed by atoms with Crippen LogP contribution in [-0.2, 0) is 16.0 Å². The van der Waals surface area contributed by atoms with Crippen LogP contribution < -0.4 is 5.73 Å². The van der Waals surface area contributed by atoms with E-state index in [-0.39, 0.29) is 11.8 Å². The Morgan fingerprint density at radius 3 is 2.57 bits per heavy atom. The quantitative estimate of drug-likeness (QED) is 0.769. The molecule has 0 saturated carbocycles. The molecule has 1 aromatic carbocycles. The van der Waals surface area contributed by atoms with E-state index < -0.39 is 0 Å². The van der Waals surface area contributed by atoms with Gasteiger partial charge in [0.15, 0.2) is 0 Å². The second-order valence-electron chi connectivity index (χ2n) is 5.88. The van der Waals surface area contributed by atoms with Gasteiger partial charge >= 0.3 is 0 Å². The smallest absolute Gasteiger partial charge is 0.231 e. The summed E-state index contributed by atoms with van der Waals surface area (Å²) in [5.41, 5.74) is 7.52. The van der Waals surface area contributed by atoms with Gasteiger partial charge in [-0.25, -0.2) is 0 Å². The molecular formula is C18H25N3O2. The van der Waals surface area contributed by atoms with Crippen LogP contribution in [0.15, 0.2) is 42.0 Å². The molecule has 0 aromatic heterocycles. The van der Waals surface area contributed by atoms with Crippen molar-refractivity contribution in [3.8, 4) is 0 Å². The zero-order valence-electron chi connectivity index (χ0n) is 13.7. The van der Waals surface area contributed by atoms with Gasteiger partial charge in [-0.1, -0.05) is 42.0 Å². The van der Waals surface area contributed by atoms with Gasteiger partial charge in [-0.2, -0.15) is 0 Å². The molecule has 0 radical (unpaired) electrons. The van der Waals surface area contributed by atoms with Crippen LogP contribution in [0, 0.1) is 0 Å². The zero-order valence-corrected chi connectivity index (χ0v) is 13.7. The number of nitrogens with two attached hydrogens (primary N) is 1. The fourth-order valence-corrected chi connectivity index (χ4v) is 2.76. The molecule has 0 bridgehead atoms. The van der Waals surface area contributed by atoms with Gasteiger partial charge in [0.25, 0.3) is 0 Å². The van der Waals surface area contributed by atoms with Crippen molar-refractivity contribution < 1.29 is 9.59 Å². The van der Waals surface area contributed by atoms with Crippen molar-refractivity contribution in [2.75, 3.05) is 32.7 Å². The van der Waals surface area contributed by atoms with Crippen LogP contribution in [0.4, 0.5) is 0 Å². The molecular weight excluding hydrogens is 290 g/mol. The molecule has 0 unspecified atom stereocenters. The van der Waals surface area contributed by atoms with E-state index in [1.165, 1.54) is 5.57 Å². The largest absolute Gasteiger partial charge is 0.369 e. The van der Waals surface area contributed by atoms with E-state index in [1.807, 2.05) is 47.1 Å². The molecule has 5 nitrogen and oxygen atoms in total. The summed E-state index contributed by atoms with van der Waals surface area (Å²) in [5, 5.41) is 0. The third kappa shape index (κ3) is 5.53. The summed E-state index contributed by atoms with van der Waals surface area (Å²) in [4.78, 5) is 27.3. The first kappa shape index (κ1) is 17.2. The minimum Gasteiger partial charge on any atom is -0.369 e. The highest BCUT2D eigenvalue weighted by Gasteiger charge is 2.18. The number of likely N-dealkylation sites (N-methyl/N-ethyl adjacent to an activating group) is 1. The molecule has 2 amide bonds. The molecule has 1 aliphatic rings. The van der Waals surface area contributed by atoms with E-state index >= 15 is 0 Å². The van der Waals surface area contributed by atoms with Crippen LogP contribution in [0.25, 0.3) is 0 Å². The Morgan fingerprint density at radius 2 is 2.00 bits per heavy atom. The van der Waals surface area contributed by atoms with Gasteiger partial charge in [-0.15, -0.1) is 0 Å². The first-order chi connectivity index (χ1) is 11.1. The number of rotatable bonds is 7. The summed E-state index contributed by atoms with van der Waals surface area (Å²) in [6.45, 7) is 5.22. The van der Waals surface area contributed by atoms with Crippen LogP contribution in [0.5, 0.6) is 0 Å². The van der Waals surface area contributed by atoms with Gasteiger partial charge < -0.3 is 10.6 Å². The van der Waals surface area contributed by atoms with Crippen molar-refractivity contribution in [1.82, 2.24) is 9.80 Å². The van der Waals surface area contributed by atoms with Crippen molar-refractivity contribution in [3.63, 3.8) is 0 Å². The Balaban J connectivity index is 1.88. The Morgan fingerprint density at radius 1 is 1.26 bits per heavy atom. The number of primary amides is 1. The van der Waals surface area contributed by atoms with E-state index in [0.717, 1.165) is 25.1 Å². The van der Waals surface area contributed by atoms with E-state index in [4.69, 9.17) is 5.73 Å². The lowest BCUT2D eigenvalue weighted by atomic mass is 10.1.